The van der Waals surface area contributed by atoms with E-state index in [0.29, 0.717) is 21.4 Å². The topological polar surface area (TPSA) is 96.3 Å². The molecule has 0 aromatic heterocycles. The van der Waals surface area contributed by atoms with Gasteiger partial charge in [-0.2, -0.15) is 5.26 Å². The van der Waals surface area contributed by atoms with Gasteiger partial charge in [-0.05, 0) is 24.3 Å². The van der Waals surface area contributed by atoms with Crippen LogP contribution in [0.2, 0.25) is 10.0 Å². The van der Waals surface area contributed by atoms with Crippen molar-refractivity contribution in [2.24, 2.45) is 0 Å². The molecule has 2 aromatic carbocycles. The highest BCUT2D eigenvalue weighted by Crippen LogP contribution is 2.27. The molecule has 25 heavy (non-hydrogen) atoms. The van der Waals surface area contributed by atoms with E-state index < -0.39 is 15.9 Å². The average molecular weight is 399 g/mol. The molecule has 130 valence electrons. The maximum atomic E-state index is 11.8. The summed E-state index contributed by atoms with van der Waals surface area (Å²) in [6.07, 6.45) is 0.871. The standard InChI is InChI=1S/C16H12Cl2N2O4S/c1-25(22,23)20-16(21)10-2-3-11(12(6-10)8-19)9-24-13-4-5-14(17)15(18)7-13/h2-7H,9H2,1H3,(H,20,21). The summed E-state index contributed by atoms with van der Waals surface area (Å²) in [4.78, 5) is 11.8. The van der Waals surface area contributed by atoms with E-state index in [1.165, 1.54) is 18.2 Å². The summed E-state index contributed by atoms with van der Waals surface area (Å²) >= 11 is 11.7. The fourth-order valence-electron chi connectivity index (χ4n) is 1.90. The van der Waals surface area contributed by atoms with E-state index in [4.69, 9.17) is 27.9 Å². The molecule has 6 nitrogen and oxygen atoms in total. The Morgan fingerprint density at radius 1 is 1.20 bits per heavy atom. The van der Waals surface area contributed by atoms with Crippen molar-refractivity contribution in [2.75, 3.05) is 6.26 Å². The van der Waals surface area contributed by atoms with Gasteiger partial charge in [-0.15, -0.1) is 0 Å². The number of nitrogens with one attached hydrogen (secondary N) is 1. The Hall–Kier alpha value is -2.27. The van der Waals surface area contributed by atoms with Crippen LogP contribution in [0.1, 0.15) is 21.5 Å². The highest BCUT2D eigenvalue weighted by Gasteiger charge is 2.14. The molecule has 0 aliphatic heterocycles. The van der Waals surface area contributed by atoms with Crippen LogP contribution in [0.15, 0.2) is 36.4 Å². The van der Waals surface area contributed by atoms with Crippen LogP contribution in [0.5, 0.6) is 5.75 Å². The van der Waals surface area contributed by atoms with Crippen LogP contribution < -0.4 is 9.46 Å². The van der Waals surface area contributed by atoms with Crippen molar-refractivity contribution >= 4 is 39.1 Å². The summed E-state index contributed by atoms with van der Waals surface area (Å²) in [5.74, 6) is -0.340. The molecule has 2 aromatic rings. The molecule has 2 rings (SSSR count). The van der Waals surface area contributed by atoms with E-state index >= 15 is 0 Å². The number of nitriles is 1. The first-order chi connectivity index (χ1) is 11.7. The number of hydrogen-bond donors (Lipinski definition) is 1. The SMILES string of the molecule is CS(=O)(=O)NC(=O)c1ccc(COc2ccc(Cl)c(Cl)c2)c(C#N)c1. The maximum absolute atomic E-state index is 11.8. The second kappa shape index (κ2) is 7.74. The van der Waals surface area contributed by atoms with E-state index in [9.17, 15) is 18.5 Å². The van der Waals surface area contributed by atoms with Crippen molar-refractivity contribution in [2.45, 2.75) is 6.61 Å². The Labute approximate surface area is 155 Å². The maximum Gasteiger partial charge on any atom is 0.264 e. The Kier molecular flexibility index (Phi) is 5.90. The molecule has 0 saturated carbocycles. The lowest BCUT2D eigenvalue weighted by molar-refractivity contribution is 0.0981. The highest BCUT2D eigenvalue weighted by atomic mass is 35.5. The summed E-state index contributed by atoms with van der Waals surface area (Å²) in [6.45, 7) is 0.0643. The summed E-state index contributed by atoms with van der Waals surface area (Å²) < 4.78 is 29.6. The minimum absolute atomic E-state index is 0.0558. The Balaban J connectivity index is 2.18. The van der Waals surface area contributed by atoms with Crippen LogP contribution in [0.3, 0.4) is 0 Å². The van der Waals surface area contributed by atoms with Gasteiger partial charge in [0.05, 0.1) is 27.9 Å². The molecule has 0 radical (unpaired) electrons. The van der Waals surface area contributed by atoms with Gasteiger partial charge >= 0.3 is 0 Å². The number of nitrogens with zero attached hydrogens (tertiary/aromatic N) is 1. The Morgan fingerprint density at radius 2 is 1.92 bits per heavy atom. The number of sulfonamides is 1. The predicted molar refractivity (Wildman–Crippen MR) is 94.3 cm³/mol. The lowest BCUT2D eigenvalue weighted by atomic mass is 10.1. The lowest BCUT2D eigenvalue weighted by Gasteiger charge is -2.10. The number of rotatable bonds is 5. The van der Waals surface area contributed by atoms with Gasteiger partial charge in [0, 0.05) is 17.2 Å². The van der Waals surface area contributed by atoms with Crippen LogP contribution in [-0.4, -0.2) is 20.6 Å². The second-order valence-corrected chi connectivity index (χ2v) is 7.61. The molecule has 0 bridgehead atoms. The normalized spacial score (nSPS) is 10.8. The fourth-order valence-corrected chi connectivity index (χ4v) is 2.65. The number of carbonyl (C=O) groups is 1. The first-order valence-corrected chi connectivity index (χ1v) is 9.47. The monoisotopic (exact) mass is 398 g/mol. The first kappa shape index (κ1) is 19.1. The zero-order valence-corrected chi connectivity index (χ0v) is 15.2. The molecule has 0 heterocycles. The molecule has 1 N–H and O–H groups in total. The van der Waals surface area contributed by atoms with Gasteiger partial charge in [-0.1, -0.05) is 29.3 Å². The van der Waals surface area contributed by atoms with Crippen LogP contribution >= 0.6 is 23.2 Å². The number of hydrogen-bond acceptors (Lipinski definition) is 5. The quantitative estimate of drug-likeness (QED) is 0.834. The number of halogens is 2. The van der Waals surface area contributed by atoms with E-state index in [2.05, 4.69) is 0 Å². The molecular formula is C16H12Cl2N2O4S. The van der Waals surface area contributed by atoms with Crippen LogP contribution in [0, 0.1) is 11.3 Å². The number of ether oxygens (including phenoxy) is 1. The molecule has 0 spiro atoms. The Morgan fingerprint density at radius 3 is 2.52 bits per heavy atom. The zero-order chi connectivity index (χ0) is 18.6. The average Bonchev–Trinajstić information content (AvgIpc) is 2.54. The van der Waals surface area contributed by atoms with E-state index in [1.54, 1.807) is 18.2 Å². The molecule has 0 atom stereocenters. The fraction of sp³-hybridized carbons (Fsp3) is 0.125. The van der Waals surface area contributed by atoms with Gasteiger partial charge in [-0.25, -0.2) is 13.1 Å². The van der Waals surface area contributed by atoms with Crippen molar-refractivity contribution in [3.63, 3.8) is 0 Å². The van der Waals surface area contributed by atoms with E-state index in [-0.39, 0.29) is 17.7 Å². The smallest absolute Gasteiger partial charge is 0.264 e. The second-order valence-electron chi connectivity index (χ2n) is 5.05. The summed E-state index contributed by atoms with van der Waals surface area (Å²) in [5, 5.41) is 9.98. The van der Waals surface area contributed by atoms with E-state index in [1.807, 2.05) is 10.8 Å². The summed E-state index contributed by atoms with van der Waals surface area (Å²) in [7, 11) is -3.69. The van der Waals surface area contributed by atoms with Crippen molar-refractivity contribution in [1.82, 2.24) is 4.72 Å². The van der Waals surface area contributed by atoms with Crippen LogP contribution in [-0.2, 0) is 16.6 Å². The van der Waals surface area contributed by atoms with Gasteiger partial charge in [0.25, 0.3) is 5.91 Å². The van der Waals surface area contributed by atoms with Gasteiger partial charge < -0.3 is 4.74 Å². The zero-order valence-electron chi connectivity index (χ0n) is 12.9. The molecule has 1 amide bonds. The van der Waals surface area contributed by atoms with Crippen molar-refractivity contribution in [3.05, 3.63) is 63.1 Å². The minimum Gasteiger partial charge on any atom is -0.489 e. The van der Waals surface area contributed by atoms with Gasteiger partial charge in [0.2, 0.25) is 10.0 Å². The summed E-state index contributed by atoms with van der Waals surface area (Å²) in [5.41, 5.74) is 0.783. The third-order valence-electron chi connectivity index (χ3n) is 3.06. The Bertz CT molecular complexity index is 969. The predicted octanol–water partition coefficient (Wildman–Crippen LogP) is 3.13. The third-order valence-corrected chi connectivity index (χ3v) is 4.35. The number of amides is 1. The molecule has 9 heteroatoms. The highest BCUT2D eigenvalue weighted by molar-refractivity contribution is 7.89. The number of benzene rings is 2. The van der Waals surface area contributed by atoms with Crippen molar-refractivity contribution < 1.29 is 17.9 Å². The van der Waals surface area contributed by atoms with E-state index in [0.717, 1.165) is 6.26 Å². The number of carbonyl (C=O) groups excluding carboxylic acids is 1. The summed E-state index contributed by atoms with van der Waals surface area (Å²) in [6, 6.07) is 11.0. The molecule has 0 aliphatic rings. The largest absolute Gasteiger partial charge is 0.489 e. The molecule has 0 unspecified atom stereocenters. The molecule has 0 saturated heterocycles. The van der Waals surface area contributed by atoms with Gasteiger partial charge in [-0.3, -0.25) is 4.79 Å². The molecule has 0 fully saturated rings. The van der Waals surface area contributed by atoms with Crippen LogP contribution in [0.25, 0.3) is 0 Å². The lowest BCUT2D eigenvalue weighted by Crippen LogP contribution is -2.29. The van der Waals surface area contributed by atoms with Crippen molar-refractivity contribution in [1.29, 1.82) is 5.26 Å². The van der Waals surface area contributed by atoms with Gasteiger partial charge in [0.15, 0.2) is 0 Å². The minimum atomic E-state index is -3.69. The molecular weight excluding hydrogens is 387 g/mol. The first-order valence-electron chi connectivity index (χ1n) is 6.82. The third kappa shape index (κ3) is 5.36. The van der Waals surface area contributed by atoms with Crippen molar-refractivity contribution in [3.8, 4) is 11.8 Å². The van der Waals surface area contributed by atoms with Gasteiger partial charge in [0.1, 0.15) is 12.4 Å². The molecule has 0 aliphatic carbocycles. The van der Waals surface area contributed by atoms with Crippen LogP contribution in [0.4, 0.5) is 0 Å².